The molecule has 1 atom stereocenters. The summed E-state index contributed by atoms with van der Waals surface area (Å²) >= 11 is 0. The first-order valence-electron chi connectivity index (χ1n) is 7.85. The Kier molecular flexibility index (Phi) is 2.59. The largest absolute Gasteiger partial charge is 0.339 e. The summed E-state index contributed by atoms with van der Waals surface area (Å²) in [5.41, 5.74) is 1.51. The zero-order chi connectivity index (χ0) is 15.4. The minimum atomic E-state index is 0.00128. The summed E-state index contributed by atoms with van der Waals surface area (Å²) in [5, 5.41) is 4.05. The lowest BCUT2D eigenvalue weighted by atomic mass is 10.1. The van der Waals surface area contributed by atoms with Gasteiger partial charge in [-0.3, -0.25) is 4.79 Å². The van der Waals surface area contributed by atoms with Gasteiger partial charge in [-0.1, -0.05) is 11.2 Å². The molecule has 1 aliphatic heterocycles. The molecule has 3 aromatic heterocycles. The van der Waals surface area contributed by atoms with Crippen molar-refractivity contribution in [1.82, 2.24) is 24.4 Å². The van der Waals surface area contributed by atoms with Crippen LogP contribution in [0.15, 0.2) is 35.1 Å². The first-order valence-corrected chi connectivity index (χ1v) is 7.85. The minimum absolute atomic E-state index is 0.00128. The zero-order valence-electron chi connectivity index (χ0n) is 12.4. The third kappa shape index (κ3) is 2.11. The normalized spacial score (nSPS) is 21.5. The smallest absolute Gasteiger partial charge is 0.232 e. The number of likely N-dealkylation sites (tertiary alicyclic amines) is 1. The molecule has 1 aliphatic carbocycles. The van der Waals surface area contributed by atoms with Crippen LogP contribution < -0.4 is 0 Å². The summed E-state index contributed by atoms with van der Waals surface area (Å²) in [6.07, 6.45) is 6.50. The van der Waals surface area contributed by atoms with Gasteiger partial charge in [0.1, 0.15) is 11.3 Å². The molecule has 0 bridgehead atoms. The van der Waals surface area contributed by atoms with E-state index in [-0.39, 0.29) is 11.8 Å². The number of carbonyl (C=O) groups is 1. The summed E-state index contributed by atoms with van der Waals surface area (Å²) in [6.45, 7) is 0.691. The van der Waals surface area contributed by atoms with Gasteiger partial charge >= 0.3 is 0 Å². The van der Waals surface area contributed by atoms with Crippen LogP contribution in [0.2, 0.25) is 0 Å². The molecular weight excluding hydrogens is 294 g/mol. The van der Waals surface area contributed by atoms with Crippen LogP contribution in [-0.2, 0) is 4.79 Å². The SMILES string of the molecule is O=C1C[C@H](c2nc(-c3cn4ccccc4n3)no2)CN1C1CC1. The predicted molar refractivity (Wildman–Crippen MR) is 80.6 cm³/mol. The standard InChI is InChI=1S/C16H15N5O2/c22-14-7-10(8-21(14)11-4-5-11)16-18-15(19-23-16)12-9-20-6-2-1-3-13(20)17-12/h1-3,6,9-11H,4-5,7-8H2/t10-/m0/s1. The molecule has 0 unspecified atom stereocenters. The van der Waals surface area contributed by atoms with E-state index in [1.807, 2.05) is 39.9 Å². The van der Waals surface area contributed by atoms with Crippen molar-refractivity contribution in [2.45, 2.75) is 31.2 Å². The highest BCUT2D eigenvalue weighted by Crippen LogP contribution is 2.36. The van der Waals surface area contributed by atoms with Gasteiger partial charge in [0.05, 0.1) is 5.92 Å². The average Bonchev–Trinajstić information content (AvgIpc) is 3.00. The van der Waals surface area contributed by atoms with Crippen molar-refractivity contribution in [3.05, 3.63) is 36.5 Å². The summed E-state index contributed by atoms with van der Waals surface area (Å²) in [4.78, 5) is 23.0. The van der Waals surface area contributed by atoms with E-state index in [2.05, 4.69) is 15.1 Å². The summed E-state index contributed by atoms with van der Waals surface area (Å²) in [7, 11) is 0. The highest BCUT2D eigenvalue weighted by Gasteiger charge is 2.41. The van der Waals surface area contributed by atoms with Crippen LogP contribution in [0.4, 0.5) is 0 Å². The van der Waals surface area contributed by atoms with E-state index in [0.29, 0.717) is 36.4 Å². The molecule has 2 fully saturated rings. The summed E-state index contributed by atoms with van der Waals surface area (Å²) in [6, 6.07) is 6.24. The van der Waals surface area contributed by atoms with Crippen LogP contribution in [0.3, 0.4) is 0 Å². The monoisotopic (exact) mass is 309 g/mol. The van der Waals surface area contributed by atoms with Crippen LogP contribution in [0.25, 0.3) is 17.2 Å². The second kappa shape index (κ2) is 4.65. The lowest BCUT2D eigenvalue weighted by Crippen LogP contribution is -2.27. The number of imidazole rings is 1. The number of hydrogen-bond donors (Lipinski definition) is 0. The minimum Gasteiger partial charge on any atom is -0.339 e. The topological polar surface area (TPSA) is 76.5 Å². The summed E-state index contributed by atoms with van der Waals surface area (Å²) in [5.74, 6) is 1.21. The van der Waals surface area contributed by atoms with Crippen molar-refractivity contribution in [2.24, 2.45) is 0 Å². The summed E-state index contributed by atoms with van der Waals surface area (Å²) < 4.78 is 7.32. The van der Waals surface area contributed by atoms with Crippen LogP contribution in [0, 0.1) is 0 Å². The van der Waals surface area contributed by atoms with Crippen molar-refractivity contribution in [1.29, 1.82) is 0 Å². The van der Waals surface area contributed by atoms with Gasteiger partial charge in [0, 0.05) is 31.4 Å². The van der Waals surface area contributed by atoms with Crippen molar-refractivity contribution >= 4 is 11.6 Å². The number of rotatable bonds is 3. The predicted octanol–water partition coefficient (Wildman–Crippen LogP) is 1.86. The van der Waals surface area contributed by atoms with E-state index in [9.17, 15) is 4.79 Å². The second-order valence-corrected chi connectivity index (χ2v) is 6.23. The molecule has 4 heterocycles. The molecule has 1 saturated heterocycles. The van der Waals surface area contributed by atoms with Gasteiger partial charge in [0.25, 0.3) is 0 Å². The van der Waals surface area contributed by atoms with Gasteiger partial charge < -0.3 is 13.8 Å². The van der Waals surface area contributed by atoms with E-state index < -0.39 is 0 Å². The van der Waals surface area contributed by atoms with Crippen molar-refractivity contribution < 1.29 is 9.32 Å². The third-order valence-electron chi connectivity index (χ3n) is 4.53. The van der Waals surface area contributed by atoms with Crippen LogP contribution in [0.1, 0.15) is 31.1 Å². The number of hydrogen-bond acceptors (Lipinski definition) is 5. The molecule has 1 amide bonds. The second-order valence-electron chi connectivity index (χ2n) is 6.23. The van der Waals surface area contributed by atoms with Gasteiger partial charge in [0.2, 0.25) is 17.6 Å². The average molecular weight is 309 g/mol. The Labute approximate surface area is 131 Å². The van der Waals surface area contributed by atoms with E-state index in [0.717, 1.165) is 18.5 Å². The van der Waals surface area contributed by atoms with Crippen molar-refractivity contribution in [3.8, 4) is 11.5 Å². The molecule has 23 heavy (non-hydrogen) atoms. The molecule has 3 aromatic rings. The molecule has 7 heteroatoms. The number of carbonyl (C=O) groups excluding carboxylic acids is 1. The van der Waals surface area contributed by atoms with Gasteiger partial charge in [-0.25, -0.2) is 4.98 Å². The third-order valence-corrected chi connectivity index (χ3v) is 4.53. The van der Waals surface area contributed by atoms with Crippen molar-refractivity contribution in [3.63, 3.8) is 0 Å². The lowest BCUT2D eigenvalue weighted by molar-refractivity contribution is -0.128. The molecule has 0 N–H and O–H groups in total. The van der Waals surface area contributed by atoms with Crippen LogP contribution in [0.5, 0.6) is 0 Å². The molecule has 5 rings (SSSR count). The Morgan fingerprint density at radius 3 is 2.96 bits per heavy atom. The van der Waals surface area contributed by atoms with Gasteiger partial charge in [0.15, 0.2) is 0 Å². The van der Waals surface area contributed by atoms with Gasteiger partial charge in [-0.05, 0) is 25.0 Å². The molecule has 7 nitrogen and oxygen atoms in total. The molecule has 0 aromatic carbocycles. The number of nitrogens with zero attached hydrogens (tertiary/aromatic N) is 5. The highest BCUT2D eigenvalue weighted by atomic mass is 16.5. The maximum atomic E-state index is 12.1. The van der Waals surface area contributed by atoms with E-state index in [4.69, 9.17) is 4.52 Å². The van der Waals surface area contributed by atoms with Gasteiger partial charge in [-0.15, -0.1) is 0 Å². The Bertz CT molecular complexity index is 862. The number of pyridine rings is 1. The maximum absolute atomic E-state index is 12.1. The molecule has 0 spiro atoms. The van der Waals surface area contributed by atoms with Crippen LogP contribution in [-0.4, -0.2) is 42.9 Å². The maximum Gasteiger partial charge on any atom is 0.232 e. The highest BCUT2D eigenvalue weighted by molar-refractivity contribution is 5.80. The van der Waals surface area contributed by atoms with E-state index in [1.165, 1.54) is 0 Å². The first kappa shape index (κ1) is 12.8. The fourth-order valence-corrected chi connectivity index (χ4v) is 3.18. The van der Waals surface area contributed by atoms with E-state index >= 15 is 0 Å². The molecule has 0 radical (unpaired) electrons. The number of fused-ring (bicyclic) bond motifs is 1. The fourth-order valence-electron chi connectivity index (χ4n) is 3.18. The Morgan fingerprint density at radius 2 is 2.13 bits per heavy atom. The van der Waals surface area contributed by atoms with Gasteiger partial charge in [-0.2, -0.15) is 4.98 Å². The quantitative estimate of drug-likeness (QED) is 0.738. The Hall–Kier alpha value is -2.70. The number of aromatic nitrogens is 4. The Balaban J connectivity index is 1.43. The number of amides is 1. The first-order chi connectivity index (χ1) is 11.3. The van der Waals surface area contributed by atoms with E-state index in [1.54, 1.807) is 0 Å². The zero-order valence-corrected chi connectivity index (χ0v) is 12.4. The molecule has 2 aliphatic rings. The Morgan fingerprint density at radius 1 is 1.22 bits per heavy atom. The fraction of sp³-hybridized carbons (Fsp3) is 0.375. The molecular formula is C16H15N5O2. The van der Waals surface area contributed by atoms with Crippen LogP contribution >= 0.6 is 0 Å². The van der Waals surface area contributed by atoms with Crippen molar-refractivity contribution in [2.75, 3.05) is 6.54 Å². The molecule has 116 valence electrons. The molecule has 1 saturated carbocycles. The lowest BCUT2D eigenvalue weighted by Gasteiger charge is -2.13.